The van der Waals surface area contributed by atoms with Gasteiger partial charge in [-0.15, -0.1) is 0 Å². The number of amides is 2. The molecule has 4 rings (SSSR count). The Hall–Kier alpha value is -3.85. The average Bonchev–Trinajstić information content (AvgIpc) is 3.24. The maximum absolute atomic E-state index is 12.7. The predicted octanol–water partition coefficient (Wildman–Crippen LogP) is 2.81. The van der Waals surface area contributed by atoms with Gasteiger partial charge in [-0.05, 0) is 30.4 Å². The summed E-state index contributed by atoms with van der Waals surface area (Å²) in [6, 6.07) is 19.4. The first-order valence-corrected chi connectivity index (χ1v) is 10.3. The molecule has 0 aliphatic carbocycles. The molecule has 31 heavy (non-hydrogen) atoms. The number of hydrogen-bond donors (Lipinski definition) is 1. The Morgan fingerprint density at radius 2 is 1.77 bits per heavy atom. The SMILES string of the molecule is CC#CC(=O)N1CCn2cc(C(=O)NCCc3ccccc3)nc2C1c1ccccc1. The van der Waals surface area contributed by atoms with E-state index in [1.54, 1.807) is 18.0 Å². The molecule has 1 aliphatic rings. The van der Waals surface area contributed by atoms with E-state index in [0.29, 0.717) is 31.2 Å². The molecule has 1 N–H and O–H groups in total. The highest BCUT2D eigenvalue weighted by Crippen LogP contribution is 2.31. The molecule has 0 spiro atoms. The van der Waals surface area contributed by atoms with Gasteiger partial charge in [0, 0.05) is 25.8 Å². The number of benzene rings is 2. The number of imidazole rings is 1. The molecule has 3 aromatic rings. The van der Waals surface area contributed by atoms with E-state index in [-0.39, 0.29) is 17.9 Å². The van der Waals surface area contributed by atoms with Gasteiger partial charge in [-0.25, -0.2) is 4.98 Å². The molecule has 2 amide bonds. The quantitative estimate of drug-likeness (QED) is 0.656. The summed E-state index contributed by atoms with van der Waals surface area (Å²) in [6.45, 7) is 3.26. The lowest BCUT2D eigenvalue weighted by Gasteiger charge is -2.35. The number of carbonyl (C=O) groups excluding carboxylic acids is 2. The Morgan fingerprint density at radius 1 is 1.06 bits per heavy atom. The summed E-state index contributed by atoms with van der Waals surface area (Å²) in [4.78, 5) is 31.7. The van der Waals surface area contributed by atoms with Gasteiger partial charge in [-0.3, -0.25) is 9.59 Å². The van der Waals surface area contributed by atoms with Crippen molar-refractivity contribution in [2.75, 3.05) is 13.1 Å². The second kappa shape index (κ2) is 9.31. The molecule has 2 aromatic carbocycles. The van der Waals surface area contributed by atoms with Gasteiger partial charge < -0.3 is 14.8 Å². The number of carbonyl (C=O) groups is 2. The molecule has 1 aromatic heterocycles. The highest BCUT2D eigenvalue weighted by molar-refractivity contribution is 5.94. The average molecular weight is 412 g/mol. The van der Waals surface area contributed by atoms with Crippen LogP contribution in [0.1, 0.15) is 40.4 Å². The minimum atomic E-state index is -0.380. The summed E-state index contributed by atoms with van der Waals surface area (Å²) in [7, 11) is 0. The van der Waals surface area contributed by atoms with E-state index in [4.69, 9.17) is 0 Å². The van der Waals surface area contributed by atoms with Crippen LogP contribution in [-0.2, 0) is 17.8 Å². The Balaban J connectivity index is 1.56. The molecule has 2 heterocycles. The summed E-state index contributed by atoms with van der Waals surface area (Å²) in [5, 5.41) is 2.95. The molecule has 156 valence electrons. The standard InChI is InChI=1S/C25H24N4O2/c1-2-9-22(30)29-17-16-28-18-21(25(31)26-15-14-19-10-5-3-6-11-19)27-24(28)23(29)20-12-7-4-8-13-20/h3-8,10-13,18,23H,14-17H2,1H3,(H,26,31). The molecular weight excluding hydrogens is 388 g/mol. The number of rotatable bonds is 5. The maximum atomic E-state index is 12.7. The second-order valence-corrected chi connectivity index (χ2v) is 7.36. The molecule has 1 unspecified atom stereocenters. The summed E-state index contributed by atoms with van der Waals surface area (Å²) in [5.74, 6) is 5.56. The molecule has 0 saturated carbocycles. The maximum Gasteiger partial charge on any atom is 0.299 e. The van der Waals surface area contributed by atoms with Crippen LogP contribution in [0.15, 0.2) is 66.9 Å². The van der Waals surface area contributed by atoms with Crippen molar-refractivity contribution in [3.8, 4) is 11.8 Å². The van der Waals surface area contributed by atoms with E-state index in [9.17, 15) is 9.59 Å². The van der Waals surface area contributed by atoms with Gasteiger partial charge in [0.1, 0.15) is 17.6 Å². The van der Waals surface area contributed by atoms with E-state index >= 15 is 0 Å². The van der Waals surface area contributed by atoms with Crippen LogP contribution < -0.4 is 5.32 Å². The van der Waals surface area contributed by atoms with E-state index in [1.807, 2.05) is 65.2 Å². The molecule has 0 saturated heterocycles. The van der Waals surface area contributed by atoms with Crippen LogP contribution in [0.2, 0.25) is 0 Å². The topological polar surface area (TPSA) is 67.2 Å². The van der Waals surface area contributed by atoms with Crippen molar-refractivity contribution in [1.82, 2.24) is 19.8 Å². The van der Waals surface area contributed by atoms with Gasteiger partial charge in [0.25, 0.3) is 11.8 Å². The van der Waals surface area contributed by atoms with Crippen molar-refractivity contribution < 1.29 is 9.59 Å². The lowest BCUT2D eigenvalue weighted by molar-refractivity contribution is -0.127. The van der Waals surface area contributed by atoms with Crippen LogP contribution in [0.3, 0.4) is 0 Å². The van der Waals surface area contributed by atoms with E-state index in [1.165, 1.54) is 5.56 Å². The lowest BCUT2D eigenvalue weighted by atomic mass is 10.0. The fraction of sp³-hybridized carbons (Fsp3) is 0.240. The van der Waals surface area contributed by atoms with Gasteiger partial charge in [-0.1, -0.05) is 66.6 Å². The normalized spacial score (nSPS) is 14.9. The molecular formula is C25H24N4O2. The van der Waals surface area contributed by atoms with Crippen LogP contribution >= 0.6 is 0 Å². The number of nitrogens with one attached hydrogen (secondary N) is 1. The Morgan fingerprint density at radius 3 is 2.48 bits per heavy atom. The first kappa shape index (κ1) is 20.4. The Kier molecular flexibility index (Phi) is 6.13. The molecule has 1 aliphatic heterocycles. The first-order chi connectivity index (χ1) is 15.2. The summed E-state index contributed by atoms with van der Waals surface area (Å²) in [6.07, 6.45) is 2.53. The zero-order chi connectivity index (χ0) is 21.6. The van der Waals surface area contributed by atoms with Crippen molar-refractivity contribution in [3.05, 3.63) is 89.5 Å². The smallest absolute Gasteiger partial charge is 0.299 e. The van der Waals surface area contributed by atoms with Gasteiger partial charge in [0.15, 0.2) is 0 Å². The number of fused-ring (bicyclic) bond motifs is 1. The lowest BCUT2D eigenvalue weighted by Crippen LogP contribution is -2.42. The molecule has 1 atom stereocenters. The van der Waals surface area contributed by atoms with Crippen molar-refractivity contribution >= 4 is 11.8 Å². The van der Waals surface area contributed by atoms with Crippen LogP contribution in [0.25, 0.3) is 0 Å². The number of nitrogens with zero attached hydrogens (tertiary/aromatic N) is 3. The summed E-state index contributed by atoms with van der Waals surface area (Å²) >= 11 is 0. The molecule has 0 fully saturated rings. The van der Waals surface area contributed by atoms with Gasteiger partial charge in [0.2, 0.25) is 0 Å². The molecule has 0 bridgehead atoms. The van der Waals surface area contributed by atoms with Crippen molar-refractivity contribution in [1.29, 1.82) is 0 Å². The van der Waals surface area contributed by atoms with Crippen LogP contribution in [-0.4, -0.2) is 39.4 Å². The van der Waals surface area contributed by atoms with Gasteiger partial charge in [0.05, 0.1) is 0 Å². The fourth-order valence-corrected chi connectivity index (χ4v) is 3.84. The summed E-state index contributed by atoms with van der Waals surface area (Å²) in [5.41, 5.74) is 2.47. The minimum absolute atomic E-state index is 0.212. The fourth-order valence-electron chi connectivity index (χ4n) is 3.84. The van der Waals surface area contributed by atoms with Gasteiger partial charge >= 0.3 is 0 Å². The van der Waals surface area contributed by atoms with Crippen molar-refractivity contribution in [3.63, 3.8) is 0 Å². The summed E-state index contributed by atoms with van der Waals surface area (Å²) < 4.78 is 1.97. The van der Waals surface area contributed by atoms with Crippen molar-refractivity contribution in [2.45, 2.75) is 25.9 Å². The highest BCUT2D eigenvalue weighted by Gasteiger charge is 2.34. The van der Waals surface area contributed by atoms with Gasteiger partial charge in [-0.2, -0.15) is 0 Å². The third kappa shape index (κ3) is 4.51. The van der Waals surface area contributed by atoms with E-state index < -0.39 is 0 Å². The number of aromatic nitrogens is 2. The zero-order valence-electron chi connectivity index (χ0n) is 17.4. The van der Waals surface area contributed by atoms with Crippen molar-refractivity contribution in [2.24, 2.45) is 0 Å². The largest absolute Gasteiger partial charge is 0.350 e. The van der Waals surface area contributed by atoms with E-state index in [0.717, 1.165) is 12.0 Å². The third-order valence-electron chi connectivity index (χ3n) is 5.33. The third-order valence-corrected chi connectivity index (χ3v) is 5.33. The number of hydrogen-bond acceptors (Lipinski definition) is 3. The van der Waals surface area contributed by atoms with Crippen LogP contribution in [0.5, 0.6) is 0 Å². The minimum Gasteiger partial charge on any atom is -0.350 e. The zero-order valence-corrected chi connectivity index (χ0v) is 17.4. The van der Waals surface area contributed by atoms with E-state index in [2.05, 4.69) is 22.1 Å². The molecule has 0 radical (unpaired) electrons. The second-order valence-electron chi connectivity index (χ2n) is 7.36. The predicted molar refractivity (Wildman–Crippen MR) is 118 cm³/mol. The monoisotopic (exact) mass is 412 g/mol. The van der Waals surface area contributed by atoms with Crippen LogP contribution in [0.4, 0.5) is 0 Å². The first-order valence-electron chi connectivity index (χ1n) is 10.3. The molecule has 6 heteroatoms. The molecule has 6 nitrogen and oxygen atoms in total. The van der Waals surface area contributed by atoms with Crippen LogP contribution in [0, 0.1) is 11.8 Å². The Bertz CT molecular complexity index is 1130. The Labute approximate surface area is 181 Å². The highest BCUT2D eigenvalue weighted by atomic mass is 16.2.